The summed E-state index contributed by atoms with van der Waals surface area (Å²) >= 11 is 4.00. The lowest BCUT2D eigenvalue weighted by Gasteiger charge is -2.06. The van der Waals surface area contributed by atoms with Crippen molar-refractivity contribution in [3.05, 3.63) is 29.6 Å². The van der Waals surface area contributed by atoms with Gasteiger partial charge in [0.2, 0.25) is 0 Å². The number of thiol groups is 1. The third-order valence-corrected chi connectivity index (χ3v) is 2.09. The molecule has 0 heterocycles. The van der Waals surface area contributed by atoms with Gasteiger partial charge in [-0.3, -0.25) is 0 Å². The van der Waals surface area contributed by atoms with Crippen LogP contribution in [-0.2, 0) is 0 Å². The van der Waals surface area contributed by atoms with Crippen molar-refractivity contribution in [3.8, 4) is 5.75 Å². The summed E-state index contributed by atoms with van der Waals surface area (Å²) in [5.41, 5.74) is 0. The summed E-state index contributed by atoms with van der Waals surface area (Å²) in [6.07, 6.45) is 1.60. The Morgan fingerprint density at radius 1 is 1.07 bits per heavy atom. The van der Waals surface area contributed by atoms with E-state index in [1.807, 2.05) is 0 Å². The number of halogens is 3. The molecule has 0 radical (unpaired) electrons. The summed E-state index contributed by atoms with van der Waals surface area (Å²) in [5, 5.41) is 0. The van der Waals surface area contributed by atoms with Crippen LogP contribution in [0, 0.1) is 17.5 Å². The van der Waals surface area contributed by atoms with E-state index in [-0.39, 0.29) is 5.75 Å². The highest BCUT2D eigenvalue weighted by Gasteiger charge is 2.10. The number of hydrogen-bond donors (Lipinski definition) is 1. The molecule has 84 valence electrons. The average Bonchev–Trinajstić information content (AvgIpc) is 2.21. The Morgan fingerprint density at radius 2 is 1.67 bits per heavy atom. The van der Waals surface area contributed by atoms with E-state index in [0.717, 1.165) is 30.7 Å². The zero-order chi connectivity index (χ0) is 11.3. The van der Waals surface area contributed by atoms with Gasteiger partial charge in [-0.1, -0.05) is 0 Å². The van der Waals surface area contributed by atoms with Crippen molar-refractivity contribution in [1.29, 1.82) is 0 Å². The van der Waals surface area contributed by atoms with Crippen LogP contribution in [0.5, 0.6) is 5.75 Å². The first-order valence-electron chi connectivity index (χ1n) is 4.53. The first-order chi connectivity index (χ1) is 7.15. The van der Waals surface area contributed by atoms with Crippen molar-refractivity contribution in [3.63, 3.8) is 0 Å². The summed E-state index contributed by atoms with van der Waals surface area (Å²) < 4.78 is 43.0. The topological polar surface area (TPSA) is 9.23 Å². The Kier molecular flexibility index (Phi) is 4.81. The van der Waals surface area contributed by atoms with Gasteiger partial charge in [-0.25, -0.2) is 13.2 Å². The molecule has 1 aromatic rings. The number of hydrogen-bond acceptors (Lipinski definition) is 2. The normalized spacial score (nSPS) is 10.4. The second-order valence-electron chi connectivity index (χ2n) is 2.98. The number of benzene rings is 1. The molecule has 0 saturated carbocycles. The molecule has 0 fully saturated rings. The molecule has 0 atom stereocenters. The monoisotopic (exact) mass is 236 g/mol. The fourth-order valence-electron chi connectivity index (χ4n) is 1.02. The van der Waals surface area contributed by atoms with Crippen LogP contribution in [0.4, 0.5) is 13.2 Å². The van der Waals surface area contributed by atoms with Crippen molar-refractivity contribution < 1.29 is 17.9 Å². The smallest absolute Gasteiger partial charge is 0.194 e. The minimum absolute atomic E-state index is 0.00515. The van der Waals surface area contributed by atoms with Crippen molar-refractivity contribution in [2.24, 2.45) is 0 Å². The molecule has 0 aliphatic rings. The Morgan fingerprint density at radius 3 is 2.20 bits per heavy atom. The molecular weight excluding hydrogens is 225 g/mol. The zero-order valence-corrected chi connectivity index (χ0v) is 8.87. The van der Waals surface area contributed by atoms with Crippen LogP contribution in [0.2, 0.25) is 0 Å². The highest BCUT2D eigenvalue weighted by atomic mass is 32.1. The molecule has 0 unspecified atom stereocenters. The molecule has 1 aromatic carbocycles. The Hall–Kier alpha value is -0.840. The first kappa shape index (κ1) is 12.2. The molecule has 15 heavy (non-hydrogen) atoms. The summed E-state index contributed by atoms with van der Waals surface area (Å²) in [6.45, 7) is 0.338. The van der Waals surface area contributed by atoms with Crippen molar-refractivity contribution in [2.45, 2.75) is 12.8 Å². The molecule has 0 aliphatic heterocycles. The van der Waals surface area contributed by atoms with E-state index in [9.17, 15) is 13.2 Å². The fourth-order valence-corrected chi connectivity index (χ4v) is 1.24. The van der Waals surface area contributed by atoms with Crippen LogP contribution in [-0.4, -0.2) is 12.4 Å². The van der Waals surface area contributed by atoms with Gasteiger partial charge < -0.3 is 4.74 Å². The van der Waals surface area contributed by atoms with E-state index in [4.69, 9.17) is 4.74 Å². The third-order valence-electron chi connectivity index (χ3n) is 1.78. The molecule has 0 amide bonds. The van der Waals surface area contributed by atoms with Crippen molar-refractivity contribution in [2.75, 3.05) is 12.4 Å². The predicted molar refractivity (Wildman–Crippen MR) is 54.9 cm³/mol. The maximum absolute atomic E-state index is 12.7. The lowest BCUT2D eigenvalue weighted by molar-refractivity contribution is 0.303. The Labute approximate surface area is 91.7 Å². The molecule has 0 saturated heterocycles. The van der Waals surface area contributed by atoms with Gasteiger partial charge in [0, 0.05) is 12.1 Å². The molecular formula is C10H11F3OS. The van der Waals surface area contributed by atoms with Crippen molar-refractivity contribution in [1.82, 2.24) is 0 Å². The fraction of sp³-hybridized carbons (Fsp3) is 0.400. The highest BCUT2D eigenvalue weighted by Crippen LogP contribution is 2.19. The van der Waals surface area contributed by atoms with Gasteiger partial charge in [0.15, 0.2) is 17.5 Å². The van der Waals surface area contributed by atoms with Crippen LogP contribution >= 0.6 is 12.6 Å². The predicted octanol–water partition coefficient (Wildman–Crippen LogP) is 3.19. The molecule has 0 N–H and O–H groups in total. The van der Waals surface area contributed by atoms with E-state index in [1.54, 1.807) is 0 Å². The average molecular weight is 236 g/mol. The molecule has 1 rings (SSSR count). The van der Waals surface area contributed by atoms with Gasteiger partial charge in [0.1, 0.15) is 5.75 Å². The number of rotatable bonds is 5. The minimum Gasteiger partial charge on any atom is -0.493 e. The van der Waals surface area contributed by atoms with E-state index >= 15 is 0 Å². The van der Waals surface area contributed by atoms with E-state index in [2.05, 4.69) is 12.6 Å². The molecule has 1 nitrogen and oxygen atoms in total. The van der Waals surface area contributed by atoms with Crippen LogP contribution < -0.4 is 4.74 Å². The lowest BCUT2D eigenvalue weighted by Crippen LogP contribution is -2.00. The van der Waals surface area contributed by atoms with Crippen LogP contribution in [0.1, 0.15) is 12.8 Å². The van der Waals surface area contributed by atoms with Gasteiger partial charge in [-0.15, -0.1) is 0 Å². The standard InChI is InChI=1S/C10H11F3OS/c11-8-5-7(6-9(12)10(8)13)14-3-1-2-4-15/h5-6,15H,1-4H2. The van der Waals surface area contributed by atoms with Gasteiger partial charge in [0.05, 0.1) is 6.61 Å². The third kappa shape index (κ3) is 3.66. The minimum atomic E-state index is -1.47. The summed E-state index contributed by atoms with van der Waals surface area (Å²) in [6, 6.07) is 1.66. The summed E-state index contributed by atoms with van der Waals surface area (Å²) in [5.74, 6) is -3.21. The molecule has 0 bridgehead atoms. The second-order valence-corrected chi connectivity index (χ2v) is 3.43. The maximum atomic E-state index is 12.7. The highest BCUT2D eigenvalue weighted by molar-refractivity contribution is 7.80. The lowest BCUT2D eigenvalue weighted by atomic mass is 10.3. The van der Waals surface area contributed by atoms with Crippen LogP contribution in [0.3, 0.4) is 0 Å². The molecule has 5 heteroatoms. The quantitative estimate of drug-likeness (QED) is 0.469. The van der Waals surface area contributed by atoms with Crippen LogP contribution in [0.15, 0.2) is 12.1 Å². The van der Waals surface area contributed by atoms with E-state index < -0.39 is 17.5 Å². The maximum Gasteiger partial charge on any atom is 0.194 e. The van der Waals surface area contributed by atoms with Gasteiger partial charge in [-0.05, 0) is 18.6 Å². The first-order valence-corrected chi connectivity index (χ1v) is 5.16. The van der Waals surface area contributed by atoms with E-state index in [0.29, 0.717) is 6.61 Å². The second kappa shape index (κ2) is 5.90. The summed E-state index contributed by atoms with van der Waals surface area (Å²) in [4.78, 5) is 0. The van der Waals surface area contributed by atoms with Gasteiger partial charge in [-0.2, -0.15) is 12.6 Å². The van der Waals surface area contributed by atoms with Crippen LogP contribution in [0.25, 0.3) is 0 Å². The summed E-state index contributed by atoms with van der Waals surface area (Å²) in [7, 11) is 0. The molecule has 0 aliphatic carbocycles. The molecule has 0 spiro atoms. The molecule has 0 aromatic heterocycles. The van der Waals surface area contributed by atoms with Gasteiger partial charge in [0.25, 0.3) is 0 Å². The van der Waals surface area contributed by atoms with Crippen molar-refractivity contribution >= 4 is 12.6 Å². The van der Waals surface area contributed by atoms with Gasteiger partial charge >= 0.3 is 0 Å². The largest absolute Gasteiger partial charge is 0.493 e. The number of unbranched alkanes of at least 4 members (excludes halogenated alkanes) is 1. The Bertz CT molecular complexity index is 307. The Balaban J connectivity index is 2.55. The number of ether oxygens (including phenoxy) is 1. The zero-order valence-electron chi connectivity index (χ0n) is 7.97. The SMILES string of the molecule is Fc1cc(OCCCCS)cc(F)c1F. The van der Waals surface area contributed by atoms with E-state index in [1.165, 1.54) is 0 Å².